The second-order valence-electron chi connectivity index (χ2n) is 12.2. The number of unbranched alkanes of at least 4 members (excludes halogenated alkanes) is 23. The van der Waals surface area contributed by atoms with Gasteiger partial charge < -0.3 is 20.2 Å². The topological polar surface area (TPSA) is 116 Å². The van der Waals surface area contributed by atoms with Gasteiger partial charge in [-0.3, -0.25) is 9.32 Å². The molecule has 250 valence electrons. The number of rotatable bonds is 32. The number of phosphoric ester groups is 1. The minimum Gasteiger partial charge on any atom is -0.387 e. The van der Waals surface area contributed by atoms with Crippen molar-refractivity contribution in [2.45, 2.75) is 193 Å². The molecule has 8 heteroatoms. The van der Waals surface area contributed by atoms with E-state index in [1.54, 1.807) is 6.08 Å². The van der Waals surface area contributed by atoms with E-state index in [2.05, 4.69) is 23.7 Å². The second-order valence-corrected chi connectivity index (χ2v) is 13.4. The fourth-order valence-electron chi connectivity index (χ4n) is 5.28. The van der Waals surface area contributed by atoms with Crippen molar-refractivity contribution in [2.24, 2.45) is 0 Å². The first-order valence-corrected chi connectivity index (χ1v) is 19.2. The Morgan fingerprint density at radius 3 is 1.45 bits per heavy atom. The summed E-state index contributed by atoms with van der Waals surface area (Å²) in [5, 5.41) is 13.3. The van der Waals surface area contributed by atoms with Crippen LogP contribution in [0.2, 0.25) is 0 Å². The van der Waals surface area contributed by atoms with Crippen LogP contribution in [0.4, 0.5) is 0 Å². The largest absolute Gasteiger partial charge is 0.469 e. The molecule has 0 aromatic carbocycles. The molecule has 0 saturated carbocycles. The van der Waals surface area contributed by atoms with Crippen LogP contribution in [0.25, 0.3) is 0 Å². The van der Waals surface area contributed by atoms with Crippen molar-refractivity contribution < 1.29 is 28.8 Å². The quantitative estimate of drug-likeness (QED) is 0.0339. The zero-order chi connectivity index (χ0) is 31.2. The molecular formula is C34H68NO6P. The van der Waals surface area contributed by atoms with Gasteiger partial charge in [0.25, 0.3) is 0 Å². The van der Waals surface area contributed by atoms with E-state index in [4.69, 9.17) is 9.79 Å². The van der Waals surface area contributed by atoms with Crippen molar-refractivity contribution in [1.29, 1.82) is 0 Å². The van der Waals surface area contributed by atoms with Gasteiger partial charge in [-0.2, -0.15) is 0 Å². The number of hydrogen-bond donors (Lipinski definition) is 4. The van der Waals surface area contributed by atoms with E-state index in [0.717, 1.165) is 38.5 Å². The summed E-state index contributed by atoms with van der Waals surface area (Å²) in [4.78, 5) is 30.6. The zero-order valence-corrected chi connectivity index (χ0v) is 28.3. The van der Waals surface area contributed by atoms with Crippen LogP contribution < -0.4 is 5.32 Å². The lowest BCUT2D eigenvalue weighted by Gasteiger charge is -2.22. The van der Waals surface area contributed by atoms with Gasteiger partial charge in [0, 0.05) is 6.42 Å². The summed E-state index contributed by atoms with van der Waals surface area (Å²) in [7, 11) is -4.70. The Hall–Kier alpha value is -0.720. The number of amides is 1. The second kappa shape index (κ2) is 30.3. The maximum absolute atomic E-state index is 12.5. The molecule has 2 atom stereocenters. The molecule has 0 aromatic heterocycles. The molecule has 0 aliphatic rings. The maximum atomic E-state index is 12.5. The van der Waals surface area contributed by atoms with Crippen molar-refractivity contribution in [1.82, 2.24) is 5.32 Å². The summed E-state index contributed by atoms with van der Waals surface area (Å²) in [6.45, 7) is 4.03. The van der Waals surface area contributed by atoms with E-state index in [0.29, 0.717) is 6.42 Å². The fourth-order valence-corrected chi connectivity index (χ4v) is 5.64. The van der Waals surface area contributed by atoms with Gasteiger partial charge in [0.1, 0.15) is 0 Å². The van der Waals surface area contributed by atoms with Crippen LogP contribution in [-0.4, -0.2) is 39.6 Å². The summed E-state index contributed by atoms with van der Waals surface area (Å²) in [5.74, 6) is -0.227. The van der Waals surface area contributed by atoms with Crippen LogP contribution in [0, 0.1) is 0 Å². The molecule has 0 aliphatic carbocycles. The van der Waals surface area contributed by atoms with E-state index < -0.39 is 26.6 Å². The van der Waals surface area contributed by atoms with E-state index in [1.807, 2.05) is 6.08 Å². The molecule has 0 saturated heterocycles. The Morgan fingerprint density at radius 1 is 0.667 bits per heavy atom. The smallest absolute Gasteiger partial charge is 0.387 e. The van der Waals surface area contributed by atoms with Crippen molar-refractivity contribution in [3.05, 3.63) is 12.2 Å². The Bertz CT molecular complexity index is 668. The van der Waals surface area contributed by atoms with Gasteiger partial charge in [-0.1, -0.05) is 167 Å². The molecule has 0 heterocycles. The van der Waals surface area contributed by atoms with Gasteiger partial charge in [-0.05, 0) is 19.3 Å². The molecule has 0 spiro atoms. The van der Waals surface area contributed by atoms with E-state index in [1.165, 1.54) is 122 Å². The number of allylic oxidation sites excluding steroid dienone is 1. The molecule has 0 aliphatic heterocycles. The molecule has 0 radical (unpaired) electrons. The lowest BCUT2D eigenvalue weighted by atomic mass is 10.0. The Balaban J connectivity index is 3.96. The molecule has 0 rings (SSSR count). The summed E-state index contributed by atoms with van der Waals surface area (Å²) >= 11 is 0. The number of nitrogens with one attached hydrogen (secondary N) is 1. The molecular weight excluding hydrogens is 549 g/mol. The molecule has 0 fully saturated rings. The highest BCUT2D eigenvalue weighted by molar-refractivity contribution is 7.46. The fraction of sp³-hybridized carbons (Fsp3) is 0.912. The minimum atomic E-state index is -4.70. The lowest BCUT2D eigenvalue weighted by molar-refractivity contribution is -0.123. The van der Waals surface area contributed by atoms with Gasteiger partial charge in [0.2, 0.25) is 5.91 Å². The maximum Gasteiger partial charge on any atom is 0.469 e. The Morgan fingerprint density at radius 2 is 1.05 bits per heavy atom. The van der Waals surface area contributed by atoms with Crippen LogP contribution in [0.15, 0.2) is 12.2 Å². The van der Waals surface area contributed by atoms with Gasteiger partial charge in [-0.25, -0.2) is 4.57 Å². The van der Waals surface area contributed by atoms with Gasteiger partial charge in [-0.15, -0.1) is 0 Å². The number of carbonyl (C=O) groups excluding carboxylic acids is 1. The molecule has 0 unspecified atom stereocenters. The first kappa shape index (κ1) is 41.3. The van der Waals surface area contributed by atoms with Gasteiger partial charge in [0.05, 0.1) is 18.8 Å². The molecule has 1 amide bonds. The highest BCUT2D eigenvalue weighted by Gasteiger charge is 2.24. The summed E-state index contributed by atoms with van der Waals surface area (Å²) in [6.07, 6.45) is 33.8. The average Bonchev–Trinajstić information content (AvgIpc) is 2.95. The first-order chi connectivity index (χ1) is 20.3. The third-order valence-corrected chi connectivity index (χ3v) is 8.48. The summed E-state index contributed by atoms with van der Waals surface area (Å²) in [6, 6.07) is -0.902. The van der Waals surface area contributed by atoms with Crippen LogP contribution in [0.5, 0.6) is 0 Å². The van der Waals surface area contributed by atoms with Crippen molar-refractivity contribution >= 4 is 13.7 Å². The van der Waals surface area contributed by atoms with E-state index in [-0.39, 0.29) is 5.91 Å². The normalized spacial score (nSPS) is 13.5. The van der Waals surface area contributed by atoms with Gasteiger partial charge in [0.15, 0.2) is 0 Å². The molecule has 4 N–H and O–H groups in total. The molecule has 42 heavy (non-hydrogen) atoms. The van der Waals surface area contributed by atoms with Crippen LogP contribution in [0.3, 0.4) is 0 Å². The third kappa shape index (κ3) is 30.7. The van der Waals surface area contributed by atoms with E-state index in [9.17, 15) is 14.5 Å². The average molecular weight is 618 g/mol. The Labute approximate surface area is 259 Å². The van der Waals surface area contributed by atoms with Crippen LogP contribution in [-0.2, 0) is 13.9 Å². The minimum absolute atomic E-state index is 0.227. The standard InChI is InChI=1S/C34H68NO6P/c1-3-5-7-9-11-13-14-15-16-17-18-19-20-22-24-26-28-30-34(37)35-32(31-41-42(38,39)40)33(36)29-27-25-23-21-12-10-8-6-4-2/h27,29,32-33,36H,3-26,28,30-31H2,1-2H3,(H,35,37)(H2,38,39,40)/b29-27+/t32-,33+/m0/s1. The summed E-state index contributed by atoms with van der Waals surface area (Å²) in [5.41, 5.74) is 0. The highest BCUT2D eigenvalue weighted by atomic mass is 31.2. The molecule has 7 nitrogen and oxygen atoms in total. The SMILES string of the molecule is CCCCCCCCC/C=C/[C@@H](O)[C@H](COP(=O)(O)O)NC(=O)CCCCCCCCCCCCCCCCCCC. The zero-order valence-electron chi connectivity index (χ0n) is 27.4. The summed E-state index contributed by atoms with van der Waals surface area (Å²) < 4.78 is 15.8. The number of hydrogen-bond acceptors (Lipinski definition) is 4. The number of aliphatic hydroxyl groups excluding tert-OH is 1. The third-order valence-electron chi connectivity index (χ3n) is 8.00. The number of phosphoric acid groups is 1. The monoisotopic (exact) mass is 617 g/mol. The number of carbonyl (C=O) groups is 1. The molecule has 0 aromatic rings. The number of aliphatic hydroxyl groups is 1. The van der Waals surface area contributed by atoms with Gasteiger partial charge >= 0.3 is 7.82 Å². The van der Waals surface area contributed by atoms with Crippen molar-refractivity contribution in [3.8, 4) is 0 Å². The van der Waals surface area contributed by atoms with Crippen LogP contribution >= 0.6 is 7.82 Å². The van der Waals surface area contributed by atoms with Crippen molar-refractivity contribution in [2.75, 3.05) is 6.61 Å². The lowest BCUT2D eigenvalue weighted by Crippen LogP contribution is -2.45. The first-order valence-electron chi connectivity index (χ1n) is 17.6. The van der Waals surface area contributed by atoms with Crippen LogP contribution in [0.1, 0.15) is 181 Å². The predicted octanol–water partition coefficient (Wildman–Crippen LogP) is 9.68. The van der Waals surface area contributed by atoms with E-state index >= 15 is 0 Å². The molecule has 0 bridgehead atoms. The van der Waals surface area contributed by atoms with Crippen molar-refractivity contribution in [3.63, 3.8) is 0 Å². The Kier molecular flexibility index (Phi) is 29.8. The highest BCUT2D eigenvalue weighted by Crippen LogP contribution is 2.35. The predicted molar refractivity (Wildman–Crippen MR) is 176 cm³/mol.